The molecule has 0 unspecified atom stereocenters. The molecule has 13 heavy (non-hydrogen) atoms. The number of hydrogen-bond donors (Lipinski definition) is 1. The number of benzene rings is 1. The number of rotatable bonds is 3. The van der Waals surface area contributed by atoms with Crippen LogP contribution in [-0.2, 0) is 4.74 Å². The second-order valence-electron chi connectivity index (χ2n) is 2.74. The second-order valence-corrected chi connectivity index (χ2v) is 3.59. The Bertz CT molecular complexity index is 293. The fourth-order valence-electron chi connectivity index (χ4n) is 1.02. The zero-order valence-electron chi connectivity index (χ0n) is 7.26. The lowest BCUT2D eigenvalue weighted by Crippen LogP contribution is -2.16. The first-order valence-electron chi connectivity index (χ1n) is 3.84. The maximum atomic E-state index is 12.8. The van der Waals surface area contributed by atoms with E-state index < -0.39 is 0 Å². The predicted octanol–water partition coefficient (Wildman–Crippen LogP) is 2.23. The molecule has 1 aromatic rings. The lowest BCUT2D eigenvalue weighted by molar-refractivity contribution is 0.181. The Morgan fingerprint density at radius 1 is 1.62 bits per heavy atom. The molecule has 0 radical (unpaired) electrons. The van der Waals surface area contributed by atoms with Gasteiger partial charge in [0.1, 0.15) is 5.82 Å². The highest BCUT2D eigenvalue weighted by molar-refractivity contribution is 9.10. The van der Waals surface area contributed by atoms with Crippen molar-refractivity contribution in [3.8, 4) is 0 Å². The van der Waals surface area contributed by atoms with Gasteiger partial charge in [-0.3, -0.25) is 0 Å². The van der Waals surface area contributed by atoms with Crippen molar-refractivity contribution < 1.29 is 9.13 Å². The first-order valence-corrected chi connectivity index (χ1v) is 4.64. The second kappa shape index (κ2) is 4.69. The number of ether oxygens (including phenoxy) is 1. The summed E-state index contributed by atoms with van der Waals surface area (Å²) in [5, 5.41) is 0. The Morgan fingerprint density at radius 2 is 2.31 bits per heavy atom. The largest absolute Gasteiger partial charge is 0.383 e. The molecule has 0 aromatic heterocycles. The third kappa shape index (κ3) is 2.76. The zero-order valence-corrected chi connectivity index (χ0v) is 8.84. The van der Waals surface area contributed by atoms with Crippen LogP contribution >= 0.6 is 15.9 Å². The molecule has 2 nitrogen and oxygen atoms in total. The fourth-order valence-corrected chi connectivity index (χ4v) is 1.42. The topological polar surface area (TPSA) is 35.2 Å². The summed E-state index contributed by atoms with van der Waals surface area (Å²) in [5.41, 5.74) is 6.61. The van der Waals surface area contributed by atoms with Crippen molar-refractivity contribution in [1.29, 1.82) is 0 Å². The third-order valence-corrected chi connectivity index (χ3v) is 2.33. The van der Waals surface area contributed by atoms with E-state index in [4.69, 9.17) is 10.5 Å². The van der Waals surface area contributed by atoms with Crippen LogP contribution in [-0.4, -0.2) is 13.7 Å². The van der Waals surface area contributed by atoms with Crippen molar-refractivity contribution in [2.24, 2.45) is 5.73 Å². The first kappa shape index (κ1) is 10.6. The van der Waals surface area contributed by atoms with Crippen molar-refractivity contribution in [1.82, 2.24) is 0 Å². The average Bonchev–Trinajstić information content (AvgIpc) is 2.10. The van der Waals surface area contributed by atoms with Gasteiger partial charge >= 0.3 is 0 Å². The molecule has 0 aliphatic carbocycles. The van der Waals surface area contributed by atoms with E-state index in [1.54, 1.807) is 19.2 Å². The van der Waals surface area contributed by atoms with E-state index in [1.165, 1.54) is 6.07 Å². The Hall–Kier alpha value is -0.450. The van der Waals surface area contributed by atoms with Crippen LogP contribution in [0, 0.1) is 5.82 Å². The smallest absolute Gasteiger partial charge is 0.137 e. The van der Waals surface area contributed by atoms with E-state index in [0.29, 0.717) is 11.1 Å². The van der Waals surface area contributed by atoms with E-state index in [2.05, 4.69) is 15.9 Å². The summed E-state index contributed by atoms with van der Waals surface area (Å²) in [5.74, 6) is -0.284. The number of hydrogen-bond acceptors (Lipinski definition) is 2. The highest BCUT2D eigenvalue weighted by Gasteiger charge is 2.07. The van der Waals surface area contributed by atoms with Gasteiger partial charge in [0.05, 0.1) is 17.1 Å². The Balaban J connectivity index is 2.84. The molecule has 0 heterocycles. The summed E-state index contributed by atoms with van der Waals surface area (Å²) in [4.78, 5) is 0. The normalized spacial score (nSPS) is 12.9. The van der Waals surface area contributed by atoms with Crippen molar-refractivity contribution in [3.05, 3.63) is 34.1 Å². The minimum atomic E-state index is -0.284. The number of nitrogens with two attached hydrogens (primary N) is 1. The average molecular weight is 248 g/mol. The SMILES string of the molecule is COC[C@@H](N)c1ccc(F)c(Br)c1. The van der Waals surface area contributed by atoms with E-state index >= 15 is 0 Å². The first-order chi connectivity index (χ1) is 6.15. The van der Waals surface area contributed by atoms with E-state index in [-0.39, 0.29) is 11.9 Å². The lowest BCUT2D eigenvalue weighted by atomic mass is 10.1. The van der Waals surface area contributed by atoms with Crippen LogP contribution in [0.3, 0.4) is 0 Å². The molecule has 0 bridgehead atoms. The highest BCUT2D eigenvalue weighted by Crippen LogP contribution is 2.20. The van der Waals surface area contributed by atoms with Crippen LogP contribution in [0.15, 0.2) is 22.7 Å². The van der Waals surface area contributed by atoms with Crippen molar-refractivity contribution in [2.45, 2.75) is 6.04 Å². The van der Waals surface area contributed by atoms with Gasteiger partial charge < -0.3 is 10.5 Å². The zero-order chi connectivity index (χ0) is 9.84. The summed E-state index contributed by atoms with van der Waals surface area (Å²) >= 11 is 3.09. The monoisotopic (exact) mass is 247 g/mol. The lowest BCUT2D eigenvalue weighted by Gasteiger charge is -2.10. The van der Waals surface area contributed by atoms with E-state index in [0.717, 1.165) is 5.56 Å². The molecule has 1 aromatic carbocycles. The van der Waals surface area contributed by atoms with Gasteiger partial charge in [0, 0.05) is 7.11 Å². The number of halogens is 2. The molecular formula is C9H11BrFNO. The summed E-state index contributed by atoms with van der Waals surface area (Å²) in [6, 6.07) is 4.50. The van der Waals surface area contributed by atoms with Crippen molar-refractivity contribution in [2.75, 3.05) is 13.7 Å². The van der Waals surface area contributed by atoms with Gasteiger partial charge in [0.25, 0.3) is 0 Å². The van der Waals surface area contributed by atoms with Gasteiger partial charge in [0.2, 0.25) is 0 Å². The Labute approximate surface area is 85.0 Å². The quantitative estimate of drug-likeness (QED) is 0.890. The van der Waals surface area contributed by atoms with Crippen LogP contribution < -0.4 is 5.73 Å². The summed E-state index contributed by atoms with van der Waals surface area (Å²) in [6.07, 6.45) is 0. The van der Waals surface area contributed by atoms with Gasteiger partial charge in [-0.1, -0.05) is 6.07 Å². The summed E-state index contributed by atoms with van der Waals surface area (Å²) in [6.45, 7) is 0.429. The van der Waals surface area contributed by atoms with E-state index in [1.807, 2.05) is 0 Å². The van der Waals surface area contributed by atoms with Crippen molar-refractivity contribution >= 4 is 15.9 Å². The molecule has 1 rings (SSSR count). The molecule has 0 aliphatic rings. The maximum Gasteiger partial charge on any atom is 0.137 e. The van der Waals surface area contributed by atoms with Gasteiger partial charge in [-0.05, 0) is 33.6 Å². The summed E-state index contributed by atoms with van der Waals surface area (Å²) < 4.78 is 18.2. The van der Waals surface area contributed by atoms with E-state index in [9.17, 15) is 4.39 Å². The highest BCUT2D eigenvalue weighted by atomic mass is 79.9. The molecular weight excluding hydrogens is 237 g/mol. The Kier molecular flexibility index (Phi) is 3.84. The molecule has 0 amide bonds. The van der Waals surface area contributed by atoms with Gasteiger partial charge in [-0.25, -0.2) is 4.39 Å². The van der Waals surface area contributed by atoms with Crippen LogP contribution in [0.4, 0.5) is 4.39 Å². The molecule has 0 aliphatic heterocycles. The molecule has 2 N–H and O–H groups in total. The molecule has 0 saturated carbocycles. The maximum absolute atomic E-state index is 12.8. The third-order valence-electron chi connectivity index (χ3n) is 1.72. The van der Waals surface area contributed by atoms with Crippen LogP contribution in [0.2, 0.25) is 0 Å². The van der Waals surface area contributed by atoms with Crippen LogP contribution in [0.1, 0.15) is 11.6 Å². The number of methoxy groups -OCH3 is 1. The standard InChI is InChI=1S/C9H11BrFNO/c1-13-5-9(12)6-2-3-8(11)7(10)4-6/h2-4,9H,5,12H2,1H3/t9-/m1/s1. The molecule has 0 fully saturated rings. The minimum Gasteiger partial charge on any atom is -0.383 e. The van der Waals surface area contributed by atoms with Gasteiger partial charge in [-0.15, -0.1) is 0 Å². The fraction of sp³-hybridized carbons (Fsp3) is 0.333. The summed E-state index contributed by atoms with van der Waals surface area (Å²) in [7, 11) is 1.58. The minimum absolute atomic E-state index is 0.207. The van der Waals surface area contributed by atoms with Gasteiger partial charge in [-0.2, -0.15) is 0 Å². The van der Waals surface area contributed by atoms with Crippen LogP contribution in [0.5, 0.6) is 0 Å². The van der Waals surface area contributed by atoms with Gasteiger partial charge in [0.15, 0.2) is 0 Å². The molecule has 1 atom stereocenters. The molecule has 4 heteroatoms. The predicted molar refractivity (Wildman–Crippen MR) is 52.9 cm³/mol. The van der Waals surface area contributed by atoms with Crippen LogP contribution in [0.25, 0.3) is 0 Å². The molecule has 0 saturated heterocycles. The Morgan fingerprint density at radius 3 is 2.85 bits per heavy atom. The molecule has 72 valence electrons. The van der Waals surface area contributed by atoms with Crippen molar-refractivity contribution in [3.63, 3.8) is 0 Å². The molecule has 0 spiro atoms.